The predicted molar refractivity (Wildman–Crippen MR) is 91.2 cm³/mol. The van der Waals surface area contributed by atoms with Gasteiger partial charge in [-0.05, 0) is 23.8 Å². The molecule has 7 heteroatoms. The summed E-state index contributed by atoms with van der Waals surface area (Å²) in [7, 11) is 3.74. The Morgan fingerprint density at radius 2 is 1.87 bits per heavy atom. The van der Waals surface area contributed by atoms with Crippen molar-refractivity contribution < 1.29 is 9.72 Å². The second-order valence-corrected chi connectivity index (χ2v) is 5.64. The lowest BCUT2D eigenvalue weighted by Crippen LogP contribution is -2.18. The van der Waals surface area contributed by atoms with E-state index in [4.69, 9.17) is 11.6 Å². The van der Waals surface area contributed by atoms with Gasteiger partial charge in [0.15, 0.2) is 0 Å². The lowest BCUT2D eigenvalue weighted by molar-refractivity contribution is -0.384. The van der Waals surface area contributed by atoms with Crippen LogP contribution in [-0.4, -0.2) is 24.9 Å². The highest BCUT2D eigenvalue weighted by Gasteiger charge is 2.11. The fraction of sp³-hybridized carbons (Fsp3) is 0.188. The van der Waals surface area contributed by atoms with E-state index in [1.54, 1.807) is 24.3 Å². The van der Waals surface area contributed by atoms with Crippen LogP contribution >= 0.6 is 11.6 Å². The number of nitro benzene ring substituents is 1. The lowest BCUT2D eigenvalue weighted by Gasteiger charge is -2.18. The van der Waals surface area contributed by atoms with Crippen molar-refractivity contribution in [1.82, 2.24) is 0 Å². The van der Waals surface area contributed by atoms with Gasteiger partial charge in [0.1, 0.15) is 0 Å². The lowest BCUT2D eigenvalue weighted by atomic mass is 10.1. The van der Waals surface area contributed by atoms with Crippen molar-refractivity contribution in [3.63, 3.8) is 0 Å². The Bertz CT molecular complexity index is 730. The maximum absolute atomic E-state index is 12.2. The van der Waals surface area contributed by atoms with Gasteiger partial charge in [0.05, 0.1) is 22.7 Å². The normalized spacial score (nSPS) is 10.2. The number of anilines is 2. The van der Waals surface area contributed by atoms with Gasteiger partial charge in [-0.25, -0.2) is 0 Å². The van der Waals surface area contributed by atoms with Crippen molar-refractivity contribution in [2.75, 3.05) is 24.3 Å². The zero-order chi connectivity index (χ0) is 17.0. The Hall–Kier alpha value is -2.60. The van der Waals surface area contributed by atoms with Gasteiger partial charge in [-0.3, -0.25) is 14.9 Å². The van der Waals surface area contributed by atoms with Gasteiger partial charge in [-0.15, -0.1) is 0 Å². The van der Waals surface area contributed by atoms with Crippen LogP contribution < -0.4 is 10.2 Å². The Morgan fingerprint density at radius 1 is 1.22 bits per heavy atom. The fourth-order valence-corrected chi connectivity index (χ4v) is 2.29. The second-order valence-electron chi connectivity index (χ2n) is 5.20. The molecule has 120 valence electrons. The van der Waals surface area contributed by atoms with Crippen LogP contribution in [0.1, 0.15) is 5.56 Å². The Balaban J connectivity index is 2.10. The summed E-state index contributed by atoms with van der Waals surface area (Å²) < 4.78 is 0. The number of hydrogen-bond acceptors (Lipinski definition) is 4. The highest BCUT2D eigenvalue weighted by molar-refractivity contribution is 6.31. The molecule has 2 aromatic rings. The van der Waals surface area contributed by atoms with E-state index in [9.17, 15) is 14.9 Å². The average molecular weight is 334 g/mol. The first-order valence-electron chi connectivity index (χ1n) is 6.87. The number of carbonyl (C=O) groups excluding carboxylic acids is 1. The van der Waals surface area contributed by atoms with Crippen molar-refractivity contribution in [1.29, 1.82) is 0 Å². The first-order chi connectivity index (χ1) is 10.9. The van der Waals surface area contributed by atoms with Crippen LogP contribution in [-0.2, 0) is 11.2 Å². The summed E-state index contributed by atoms with van der Waals surface area (Å²) in [6.45, 7) is 0. The van der Waals surface area contributed by atoms with Gasteiger partial charge in [0.25, 0.3) is 5.69 Å². The molecule has 2 rings (SSSR count). The minimum atomic E-state index is -0.473. The van der Waals surface area contributed by atoms with Crippen molar-refractivity contribution in [3.8, 4) is 0 Å². The molecule has 0 spiro atoms. The number of rotatable bonds is 5. The quantitative estimate of drug-likeness (QED) is 0.671. The number of halogens is 1. The highest BCUT2D eigenvalue weighted by atomic mass is 35.5. The number of nitro groups is 1. The van der Waals surface area contributed by atoms with E-state index in [0.29, 0.717) is 16.3 Å². The smallest absolute Gasteiger partial charge is 0.269 e. The molecule has 0 unspecified atom stereocenters. The molecule has 1 amide bonds. The number of carbonyl (C=O) groups is 1. The Kier molecular flexibility index (Phi) is 5.18. The van der Waals surface area contributed by atoms with Crippen LogP contribution in [0.5, 0.6) is 0 Å². The van der Waals surface area contributed by atoms with E-state index in [-0.39, 0.29) is 18.0 Å². The molecule has 0 atom stereocenters. The number of hydrogen-bond donors (Lipinski definition) is 1. The molecule has 0 aliphatic rings. The molecule has 23 heavy (non-hydrogen) atoms. The minimum absolute atomic E-state index is 0.00102. The third-order valence-corrected chi connectivity index (χ3v) is 3.46. The first-order valence-corrected chi connectivity index (χ1v) is 7.24. The van der Waals surface area contributed by atoms with Crippen LogP contribution in [0.15, 0.2) is 42.5 Å². The minimum Gasteiger partial charge on any atom is -0.376 e. The monoisotopic (exact) mass is 333 g/mol. The number of amides is 1. The van der Waals surface area contributed by atoms with E-state index in [2.05, 4.69) is 5.32 Å². The van der Waals surface area contributed by atoms with Gasteiger partial charge in [0, 0.05) is 31.3 Å². The van der Waals surface area contributed by atoms with Gasteiger partial charge in [-0.2, -0.15) is 0 Å². The molecule has 0 saturated carbocycles. The van der Waals surface area contributed by atoms with E-state index >= 15 is 0 Å². The van der Waals surface area contributed by atoms with Gasteiger partial charge < -0.3 is 10.2 Å². The summed E-state index contributed by atoms with van der Waals surface area (Å²) in [6.07, 6.45) is 0.122. The molecule has 0 radical (unpaired) electrons. The predicted octanol–water partition coefficient (Wildman–Crippen LogP) is 3.50. The van der Waals surface area contributed by atoms with Crippen LogP contribution in [0, 0.1) is 10.1 Å². The molecule has 0 heterocycles. The Labute approximate surface area is 138 Å². The molecule has 0 bridgehead atoms. The molecule has 0 fully saturated rings. The topological polar surface area (TPSA) is 75.5 Å². The van der Waals surface area contributed by atoms with Crippen molar-refractivity contribution in [3.05, 3.63) is 63.2 Å². The summed E-state index contributed by atoms with van der Waals surface area (Å²) in [5.74, 6) is -0.218. The third kappa shape index (κ3) is 4.43. The van der Waals surface area contributed by atoms with Gasteiger partial charge >= 0.3 is 0 Å². The maximum atomic E-state index is 12.2. The Morgan fingerprint density at radius 3 is 2.43 bits per heavy atom. The molecule has 2 aromatic carbocycles. The summed E-state index contributed by atoms with van der Waals surface area (Å²) in [4.78, 5) is 24.2. The highest BCUT2D eigenvalue weighted by Crippen LogP contribution is 2.28. The summed E-state index contributed by atoms with van der Waals surface area (Å²) in [6, 6.07) is 11.2. The van der Waals surface area contributed by atoms with Crippen LogP contribution in [0.25, 0.3) is 0 Å². The van der Waals surface area contributed by atoms with Crippen LogP contribution in [0.3, 0.4) is 0 Å². The standard InChI is InChI=1S/C16H16ClN3O3/c1-19(2)15-8-5-12(17)10-14(15)18-16(21)9-11-3-6-13(7-4-11)20(22)23/h3-8,10H,9H2,1-2H3,(H,18,21). The number of non-ortho nitro benzene ring substituents is 1. The summed E-state index contributed by atoms with van der Waals surface area (Å²) >= 11 is 5.98. The zero-order valence-electron chi connectivity index (χ0n) is 12.7. The number of nitrogens with zero attached hydrogens (tertiary/aromatic N) is 2. The first kappa shape index (κ1) is 16.8. The number of benzene rings is 2. The molecular weight excluding hydrogens is 318 g/mol. The third-order valence-electron chi connectivity index (χ3n) is 3.23. The maximum Gasteiger partial charge on any atom is 0.269 e. The van der Waals surface area contributed by atoms with Crippen molar-refractivity contribution in [2.45, 2.75) is 6.42 Å². The number of nitrogens with one attached hydrogen (secondary N) is 1. The van der Waals surface area contributed by atoms with Crippen LogP contribution in [0.4, 0.5) is 17.1 Å². The molecule has 0 aromatic heterocycles. The fourth-order valence-electron chi connectivity index (χ4n) is 2.11. The second kappa shape index (κ2) is 7.11. The SMILES string of the molecule is CN(C)c1ccc(Cl)cc1NC(=O)Cc1ccc([N+](=O)[O-])cc1. The van der Waals surface area contributed by atoms with Gasteiger partial charge in [-0.1, -0.05) is 23.7 Å². The zero-order valence-corrected chi connectivity index (χ0v) is 13.5. The molecular formula is C16H16ClN3O3. The molecule has 0 aliphatic heterocycles. The van der Waals surface area contributed by atoms with Gasteiger partial charge in [0.2, 0.25) is 5.91 Å². The van der Waals surface area contributed by atoms with E-state index < -0.39 is 4.92 Å². The average Bonchev–Trinajstić information content (AvgIpc) is 2.47. The van der Waals surface area contributed by atoms with E-state index in [1.807, 2.05) is 25.1 Å². The molecule has 6 nitrogen and oxygen atoms in total. The van der Waals surface area contributed by atoms with E-state index in [0.717, 1.165) is 5.69 Å². The van der Waals surface area contributed by atoms with Crippen molar-refractivity contribution >= 4 is 34.6 Å². The van der Waals surface area contributed by atoms with Crippen LogP contribution in [0.2, 0.25) is 5.02 Å². The molecule has 0 saturated heterocycles. The van der Waals surface area contributed by atoms with Crippen molar-refractivity contribution in [2.24, 2.45) is 0 Å². The molecule has 0 aliphatic carbocycles. The summed E-state index contributed by atoms with van der Waals surface area (Å²) in [5.41, 5.74) is 2.15. The largest absolute Gasteiger partial charge is 0.376 e. The summed E-state index contributed by atoms with van der Waals surface area (Å²) in [5, 5.41) is 14.0. The van der Waals surface area contributed by atoms with E-state index in [1.165, 1.54) is 12.1 Å². The molecule has 1 N–H and O–H groups in total.